The molecule has 0 aliphatic rings. The van der Waals surface area contributed by atoms with Gasteiger partial charge in [0.05, 0.1) is 0 Å². The Morgan fingerprint density at radius 3 is 0.529 bits per heavy atom. The second kappa shape index (κ2) is 12.3. The Balaban J connectivity index is -0.0000000400. The fraction of sp³-hybridized carbons (Fsp3) is 0. The molecule has 0 atom stereocenters. The van der Waals surface area contributed by atoms with Gasteiger partial charge in [0.25, 0.3) is 0 Å². The largest absolute Gasteiger partial charge is 3.00 e. The van der Waals surface area contributed by atoms with E-state index in [0.29, 0.717) is 0 Å². The molecule has 0 aliphatic carbocycles. The van der Waals surface area contributed by atoms with E-state index in [9.17, 15) is 0 Å². The van der Waals surface area contributed by atoms with Crippen molar-refractivity contribution in [2.75, 3.05) is 0 Å². The van der Waals surface area contributed by atoms with Crippen LogP contribution in [0.4, 0.5) is 0 Å². The van der Waals surface area contributed by atoms with Gasteiger partial charge in [-0.2, -0.15) is 0 Å². The molecule has 0 saturated heterocycles. The maximum Gasteiger partial charge on any atom is 3.00 e. The second-order valence-corrected chi connectivity index (χ2v) is 4.95. The molecule has 0 aliphatic heterocycles. The van der Waals surface area contributed by atoms with Crippen LogP contribution in [0, 0.1) is 0 Å². The summed E-state index contributed by atoms with van der Waals surface area (Å²) in [5.74, 6) is 0. The molecule has 0 unspecified atom stereocenters. The predicted octanol–water partition coefficient (Wildman–Crippen LogP) is -12.4. The second-order valence-electron chi connectivity index (χ2n) is 1.65. The van der Waals surface area contributed by atoms with E-state index in [1.165, 1.54) is 0 Å². The first-order valence-corrected chi connectivity index (χ1v) is 7.70. The zero-order valence-corrected chi connectivity index (χ0v) is 13.1. The third kappa shape index (κ3) is 2620. The first kappa shape index (κ1) is 30.9. The van der Waals surface area contributed by atoms with E-state index in [0.717, 1.165) is 0 Å². The first-order valence-electron chi connectivity index (χ1n) is 2.57. The minimum Gasteiger partial charge on any atom is -0.894 e. The fourth-order valence-electron chi connectivity index (χ4n) is 0. The van der Waals surface area contributed by atoms with Crippen molar-refractivity contribution in [1.29, 1.82) is 0 Å². The van der Waals surface area contributed by atoms with Crippen molar-refractivity contribution in [3.05, 3.63) is 0 Å². The number of hydrogen-bond acceptors (Lipinski definition) is 12. The Labute approximate surface area is 119 Å². The maximum atomic E-state index is 8.80. The summed E-state index contributed by atoms with van der Waals surface area (Å²) in [4.78, 5) is 95.4. The average Bonchev–Trinajstić information content (AvgIpc) is 1.41. The van der Waals surface area contributed by atoms with Crippen molar-refractivity contribution in [2.24, 2.45) is 0 Å². The predicted molar refractivity (Wildman–Crippen MR) is 42.1 cm³/mol. The Bertz CT molecular complexity index is 94.8. The summed E-state index contributed by atoms with van der Waals surface area (Å²) in [7, 11) is -15.3. The van der Waals surface area contributed by atoms with E-state index in [1.54, 1.807) is 0 Å². The van der Waals surface area contributed by atoms with Gasteiger partial charge in [-0.3, -0.25) is 0 Å². The molecule has 0 bridgehead atoms. The molecule has 6 N–H and O–H groups in total. The molecule has 0 saturated carbocycles. The molecule has 0 aromatic heterocycles. The Morgan fingerprint density at radius 2 is 0.529 bits per heavy atom. The Morgan fingerprint density at radius 1 is 0.529 bits per heavy atom. The van der Waals surface area contributed by atoms with Gasteiger partial charge in [0.1, 0.15) is 9.05 Å². The van der Waals surface area contributed by atoms with Crippen LogP contribution < -0.4 is 28.8 Å². The zero-order chi connectivity index (χ0) is 13.5. The minimum atomic E-state index is -5.61. The topological polar surface area (TPSA) is 260 Å². The van der Waals surface area contributed by atoms with Gasteiger partial charge >= 0.3 is 43.8 Å². The quantitative estimate of drug-likeness (QED) is 0.225. The average molecular weight is 336 g/mol. The standard InChI is InChI=1S/2Al.H4O4Si.H2O4Si.O4Si/c;;3*1-5(2,3)4/h;;1-4H;1-2H;/q2*+3;;-2;-4. The maximum absolute atomic E-state index is 8.80. The van der Waals surface area contributed by atoms with Crippen molar-refractivity contribution in [1.82, 2.24) is 0 Å². The van der Waals surface area contributed by atoms with Gasteiger partial charge in [-0.25, -0.2) is 0 Å². The summed E-state index contributed by atoms with van der Waals surface area (Å²) in [6.07, 6.45) is 0. The van der Waals surface area contributed by atoms with Crippen LogP contribution in [-0.2, 0) is 0 Å². The van der Waals surface area contributed by atoms with Crippen LogP contribution in [0.25, 0.3) is 0 Å². The molecule has 96 valence electrons. The summed E-state index contributed by atoms with van der Waals surface area (Å²) >= 11 is 0. The number of hydrogen-bond donors (Lipinski definition) is 6. The summed E-state index contributed by atoms with van der Waals surface area (Å²) < 4.78 is 0. The molecular weight excluding hydrogens is 330 g/mol. The molecule has 0 fully saturated rings. The molecule has 12 nitrogen and oxygen atoms in total. The molecule has 0 heterocycles. The fourth-order valence-corrected chi connectivity index (χ4v) is 0. The van der Waals surface area contributed by atoms with E-state index in [1.807, 2.05) is 0 Å². The first-order chi connectivity index (χ1) is 6.00. The van der Waals surface area contributed by atoms with Crippen LogP contribution in [-0.4, -0.2) is 90.6 Å². The summed E-state index contributed by atoms with van der Waals surface area (Å²) in [6, 6.07) is 0. The molecular formula is H6Al2O12Si3. The summed E-state index contributed by atoms with van der Waals surface area (Å²) in [5.41, 5.74) is 0. The van der Waals surface area contributed by atoms with Crippen LogP contribution in [0.3, 0.4) is 0 Å². The van der Waals surface area contributed by atoms with Crippen LogP contribution in [0.2, 0.25) is 0 Å². The van der Waals surface area contributed by atoms with Crippen LogP contribution in [0.1, 0.15) is 0 Å². The molecule has 0 radical (unpaired) electrons. The van der Waals surface area contributed by atoms with Gasteiger partial charge in [-0.15, -0.1) is 0 Å². The normalized spacial score (nSPS) is 10.6. The third-order valence-corrected chi connectivity index (χ3v) is 0. The van der Waals surface area contributed by atoms with Gasteiger partial charge in [0, 0.05) is 0 Å². The van der Waals surface area contributed by atoms with E-state index in [4.69, 9.17) is 57.5 Å². The smallest absolute Gasteiger partial charge is 0.894 e. The minimum absolute atomic E-state index is 0. The van der Waals surface area contributed by atoms with Crippen molar-refractivity contribution >= 4 is 61.9 Å². The van der Waals surface area contributed by atoms with Gasteiger partial charge in [-0.1, -0.05) is 0 Å². The molecule has 0 rings (SSSR count). The van der Waals surface area contributed by atoms with Crippen molar-refractivity contribution in [2.45, 2.75) is 0 Å². The summed E-state index contributed by atoms with van der Waals surface area (Å²) in [5, 5.41) is 0. The van der Waals surface area contributed by atoms with E-state index < -0.39 is 27.1 Å². The monoisotopic (exact) mass is 336 g/mol. The molecule has 0 aromatic carbocycles. The van der Waals surface area contributed by atoms with Crippen molar-refractivity contribution < 1.29 is 57.5 Å². The molecule has 0 aromatic rings. The number of rotatable bonds is 0. The van der Waals surface area contributed by atoms with Crippen LogP contribution >= 0.6 is 0 Å². The SMILES string of the molecule is O[Si](O)(O)O.[Al+3].[Al+3].[O-][Si]([O-])(O)O.[O-][Si]([O-])([O-])[O-]. The van der Waals surface area contributed by atoms with E-state index in [-0.39, 0.29) is 34.7 Å². The van der Waals surface area contributed by atoms with Crippen LogP contribution in [0.5, 0.6) is 0 Å². The van der Waals surface area contributed by atoms with Gasteiger partial charge in [-0.05, 0) is 0 Å². The third-order valence-electron chi connectivity index (χ3n) is 0. The van der Waals surface area contributed by atoms with E-state index >= 15 is 0 Å². The van der Waals surface area contributed by atoms with Gasteiger partial charge in [0.15, 0.2) is 0 Å². The molecule has 17 heteroatoms. The molecule has 0 amide bonds. The summed E-state index contributed by atoms with van der Waals surface area (Å²) in [6.45, 7) is 0. The Hall–Kier alpha value is 1.24. The van der Waals surface area contributed by atoms with E-state index in [2.05, 4.69) is 0 Å². The Kier molecular flexibility index (Phi) is 22.3. The van der Waals surface area contributed by atoms with Gasteiger partial charge in [0.2, 0.25) is 0 Å². The zero-order valence-electron chi connectivity index (χ0n) is 7.79. The molecule has 17 heavy (non-hydrogen) atoms. The van der Waals surface area contributed by atoms with Gasteiger partial charge < -0.3 is 66.6 Å². The molecule has 0 spiro atoms. The van der Waals surface area contributed by atoms with Crippen molar-refractivity contribution in [3.63, 3.8) is 0 Å². The van der Waals surface area contributed by atoms with Crippen LogP contribution in [0.15, 0.2) is 0 Å². The van der Waals surface area contributed by atoms with Crippen molar-refractivity contribution in [3.8, 4) is 0 Å².